The van der Waals surface area contributed by atoms with Crippen molar-refractivity contribution in [3.05, 3.63) is 59.8 Å². The molecule has 41 heavy (non-hydrogen) atoms. The predicted molar refractivity (Wildman–Crippen MR) is 147 cm³/mol. The minimum Gasteiger partial charge on any atom is -0.497 e. The van der Waals surface area contributed by atoms with Crippen LogP contribution in [0.25, 0.3) is 33.5 Å². The Balaban J connectivity index is 1.77. The highest BCUT2D eigenvalue weighted by Crippen LogP contribution is 2.58. The van der Waals surface area contributed by atoms with Crippen molar-refractivity contribution in [2.75, 3.05) is 35.5 Å². The first kappa shape index (κ1) is 26.7. The summed E-state index contributed by atoms with van der Waals surface area (Å²) in [6.07, 6.45) is -6.35. The van der Waals surface area contributed by atoms with Gasteiger partial charge in [0, 0.05) is 28.8 Å². The van der Waals surface area contributed by atoms with E-state index in [4.69, 9.17) is 28.4 Å². The zero-order chi connectivity index (χ0) is 29.1. The molecule has 0 saturated heterocycles. The molecule has 0 fully saturated rings. The number of methoxy groups -OCH3 is 5. The molecule has 0 radical (unpaired) electrons. The summed E-state index contributed by atoms with van der Waals surface area (Å²) in [6, 6.07) is 13.9. The first-order chi connectivity index (χ1) is 19.7. The zero-order valence-corrected chi connectivity index (χ0v) is 23.1. The van der Waals surface area contributed by atoms with E-state index < -0.39 is 12.3 Å². The van der Waals surface area contributed by atoms with E-state index in [0.29, 0.717) is 69.7 Å². The van der Waals surface area contributed by atoms with Crippen molar-refractivity contribution in [2.45, 2.75) is 25.2 Å². The summed E-state index contributed by atoms with van der Waals surface area (Å²) < 4.78 is 79.3. The van der Waals surface area contributed by atoms with E-state index in [-0.39, 0.29) is 11.4 Å². The molecule has 214 valence electrons. The number of ether oxygens (including phenoxy) is 6. The first-order valence-corrected chi connectivity index (χ1v) is 12.9. The fourth-order valence-corrected chi connectivity index (χ4v) is 5.89. The van der Waals surface area contributed by atoms with Gasteiger partial charge >= 0.3 is 6.18 Å². The number of aromatic nitrogens is 1. The smallest absolute Gasteiger partial charge is 0.431 e. The summed E-state index contributed by atoms with van der Waals surface area (Å²) in [6.45, 7) is 0.308. The molecule has 3 heterocycles. The molecule has 0 N–H and O–H groups in total. The molecule has 1 atom stereocenters. The van der Waals surface area contributed by atoms with E-state index in [0.717, 1.165) is 11.1 Å². The normalized spacial score (nSPS) is 15.1. The van der Waals surface area contributed by atoms with Gasteiger partial charge in [-0.25, -0.2) is 0 Å². The summed E-state index contributed by atoms with van der Waals surface area (Å²) >= 11 is 0. The van der Waals surface area contributed by atoms with Gasteiger partial charge < -0.3 is 33.0 Å². The SMILES string of the molecule is COc1ccc2c(c1)-c1c(-c3ccc(OC)c(OC)c3)c3n(c1C(C(F)(F)F)O2)CCc1cc(OC)c(OC)cc1-3. The monoisotopic (exact) mass is 567 g/mol. The summed E-state index contributed by atoms with van der Waals surface area (Å²) in [5.74, 6) is 2.60. The van der Waals surface area contributed by atoms with Gasteiger partial charge in [0.05, 0.1) is 46.9 Å². The minimum absolute atomic E-state index is 0.0403. The van der Waals surface area contributed by atoms with Crippen LogP contribution in [0.3, 0.4) is 0 Å². The van der Waals surface area contributed by atoms with Crippen LogP contribution in [0.1, 0.15) is 17.4 Å². The van der Waals surface area contributed by atoms with Gasteiger partial charge in [-0.2, -0.15) is 13.2 Å². The Morgan fingerprint density at radius 3 is 2.07 bits per heavy atom. The van der Waals surface area contributed by atoms with E-state index >= 15 is 0 Å². The number of aryl methyl sites for hydroxylation is 1. The van der Waals surface area contributed by atoms with Gasteiger partial charge in [0.2, 0.25) is 6.10 Å². The van der Waals surface area contributed by atoms with Crippen LogP contribution in [0.15, 0.2) is 48.5 Å². The molecule has 2 aliphatic rings. The molecule has 0 bridgehead atoms. The summed E-state index contributed by atoms with van der Waals surface area (Å²) in [4.78, 5) is 0. The van der Waals surface area contributed by atoms with Crippen LogP contribution < -0.4 is 28.4 Å². The van der Waals surface area contributed by atoms with Crippen LogP contribution in [0.4, 0.5) is 13.2 Å². The molecule has 4 aromatic rings. The van der Waals surface area contributed by atoms with E-state index in [2.05, 4.69) is 0 Å². The van der Waals surface area contributed by atoms with Gasteiger partial charge in [0.15, 0.2) is 23.0 Å². The van der Waals surface area contributed by atoms with Crippen LogP contribution >= 0.6 is 0 Å². The van der Waals surface area contributed by atoms with Crippen molar-refractivity contribution in [2.24, 2.45) is 0 Å². The number of alkyl halides is 3. The lowest BCUT2D eigenvalue weighted by atomic mass is 9.88. The van der Waals surface area contributed by atoms with Crippen molar-refractivity contribution in [1.82, 2.24) is 4.57 Å². The number of benzene rings is 3. The van der Waals surface area contributed by atoms with Gasteiger partial charge in [-0.15, -0.1) is 0 Å². The van der Waals surface area contributed by atoms with Crippen LogP contribution in [-0.2, 0) is 13.0 Å². The molecule has 0 saturated carbocycles. The number of rotatable bonds is 6. The van der Waals surface area contributed by atoms with Gasteiger partial charge in [0.1, 0.15) is 11.5 Å². The zero-order valence-electron chi connectivity index (χ0n) is 23.1. The van der Waals surface area contributed by atoms with Crippen molar-refractivity contribution in [1.29, 1.82) is 0 Å². The Hall–Kier alpha value is -4.47. The highest BCUT2D eigenvalue weighted by Gasteiger charge is 2.50. The molecule has 1 aromatic heterocycles. The van der Waals surface area contributed by atoms with Crippen LogP contribution in [-0.4, -0.2) is 46.3 Å². The fraction of sp³-hybridized carbons (Fsp3) is 0.290. The molecule has 6 rings (SSSR count). The molecule has 0 spiro atoms. The number of hydrogen-bond acceptors (Lipinski definition) is 6. The first-order valence-electron chi connectivity index (χ1n) is 12.9. The molecule has 10 heteroatoms. The third-order valence-electron chi connectivity index (χ3n) is 7.69. The molecule has 3 aromatic carbocycles. The maximum Gasteiger partial charge on any atom is 0.431 e. The molecule has 7 nitrogen and oxygen atoms in total. The van der Waals surface area contributed by atoms with Crippen LogP contribution in [0.2, 0.25) is 0 Å². The number of hydrogen-bond donors (Lipinski definition) is 0. The lowest BCUT2D eigenvalue weighted by Crippen LogP contribution is -2.31. The fourth-order valence-electron chi connectivity index (χ4n) is 5.89. The minimum atomic E-state index is -4.67. The maximum atomic E-state index is 14.7. The lowest BCUT2D eigenvalue weighted by Gasteiger charge is -2.31. The number of nitrogens with zero attached hydrogens (tertiary/aromatic N) is 1. The van der Waals surface area contributed by atoms with Crippen LogP contribution in [0.5, 0.6) is 34.5 Å². The number of fused-ring (bicyclic) bond motifs is 7. The van der Waals surface area contributed by atoms with Gasteiger partial charge in [-0.1, -0.05) is 6.07 Å². The quantitative estimate of drug-likeness (QED) is 0.248. The van der Waals surface area contributed by atoms with Gasteiger partial charge in [-0.3, -0.25) is 0 Å². The summed E-state index contributed by atoms with van der Waals surface area (Å²) in [5, 5.41) is 0. The van der Waals surface area contributed by atoms with Gasteiger partial charge in [0.25, 0.3) is 0 Å². The average Bonchev–Trinajstić information content (AvgIpc) is 3.34. The molecular formula is C31H28F3NO6. The van der Waals surface area contributed by atoms with E-state index in [1.807, 2.05) is 18.2 Å². The molecule has 2 aliphatic heterocycles. The number of halogens is 3. The standard InChI is InChI=1S/C31H28F3NO6/c1-36-18-7-9-21-20(14-18)27-26(17-6-8-22(37-2)23(13-17)38-3)28-19-15-25(40-5)24(39-4)12-16(19)10-11-35(28)29(27)30(41-21)31(32,33)34/h6-9,12-15,30H,10-11H2,1-5H3. The topological polar surface area (TPSA) is 60.3 Å². The summed E-state index contributed by atoms with van der Waals surface area (Å²) in [7, 11) is 7.65. The van der Waals surface area contributed by atoms with Gasteiger partial charge in [-0.05, 0) is 60.0 Å². The molecule has 0 aliphatic carbocycles. The summed E-state index contributed by atoms with van der Waals surface area (Å²) in [5.41, 5.74) is 4.55. The Labute approximate surface area is 234 Å². The molecule has 1 unspecified atom stereocenters. The van der Waals surface area contributed by atoms with Crippen molar-refractivity contribution < 1.29 is 41.6 Å². The van der Waals surface area contributed by atoms with E-state index in [1.54, 1.807) is 35.9 Å². The molecule has 0 amide bonds. The van der Waals surface area contributed by atoms with Crippen molar-refractivity contribution in [3.8, 4) is 68.0 Å². The average molecular weight is 568 g/mol. The largest absolute Gasteiger partial charge is 0.497 e. The second kappa shape index (κ2) is 9.87. The Morgan fingerprint density at radius 1 is 0.732 bits per heavy atom. The maximum absolute atomic E-state index is 14.7. The van der Waals surface area contributed by atoms with Crippen LogP contribution in [0, 0.1) is 0 Å². The second-order valence-electron chi connectivity index (χ2n) is 9.72. The lowest BCUT2D eigenvalue weighted by molar-refractivity contribution is -0.200. The second-order valence-corrected chi connectivity index (χ2v) is 9.72. The Kier molecular flexibility index (Phi) is 6.43. The molecular weight excluding hydrogens is 539 g/mol. The van der Waals surface area contributed by atoms with Crippen molar-refractivity contribution >= 4 is 0 Å². The Bertz CT molecular complexity index is 1660. The van der Waals surface area contributed by atoms with Crippen molar-refractivity contribution in [3.63, 3.8) is 0 Å². The Morgan fingerprint density at radius 2 is 1.41 bits per heavy atom. The highest BCUT2D eigenvalue weighted by atomic mass is 19.4. The third kappa shape index (κ3) is 4.11. The van der Waals surface area contributed by atoms with E-state index in [1.165, 1.54) is 34.5 Å². The third-order valence-corrected chi connectivity index (χ3v) is 7.69. The predicted octanol–water partition coefficient (Wildman–Crippen LogP) is 7.08. The highest BCUT2D eigenvalue weighted by molar-refractivity contribution is 6.00. The van der Waals surface area contributed by atoms with E-state index in [9.17, 15) is 13.2 Å².